The summed E-state index contributed by atoms with van der Waals surface area (Å²) in [5.74, 6) is 0.547. The number of likely N-dealkylation sites (tertiary alicyclic amines) is 1. The van der Waals surface area contributed by atoms with Crippen LogP contribution in [0.4, 0.5) is 0 Å². The molecule has 0 spiro atoms. The molecule has 0 bridgehead atoms. The number of nitrogens with zero attached hydrogens (tertiary/aromatic N) is 1. The largest absolute Gasteiger partial charge is 0.468 e. The first-order chi connectivity index (χ1) is 8.95. The third-order valence-corrected chi connectivity index (χ3v) is 3.91. The zero-order valence-corrected chi connectivity index (χ0v) is 13.1. The Hall–Kier alpha value is -0.610. The number of hydrogen-bond acceptors (Lipinski definition) is 4. The average Bonchev–Trinajstić information content (AvgIpc) is 2.81. The number of carbonyl (C=O) groups excluding carboxylic acids is 1. The first-order valence-electron chi connectivity index (χ1n) is 7.53. The van der Waals surface area contributed by atoms with Crippen molar-refractivity contribution >= 4 is 5.97 Å². The highest BCUT2D eigenvalue weighted by Crippen LogP contribution is 2.23. The predicted molar refractivity (Wildman–Crippen MR) is 78.1 cm³/mol. The maximum atomic E-state index is 11.8. The molecule has 0 saturated carbocycles. The van der Waals surface area contributed by atoms with Gasteiger partial charge in [-0.3, -0.25) is 4.79 Å². The molecule has 4 nitrogen and oxygen atoms in total. The van der Waals surface area contributed by atoms with Gasteiger partial charge in [0.15, 0.2) is 0 Å². The van der Waals surface area contributed by atoms with Crippen LogP contribution in [0.25, 0.3) is 0 Å². The molecule has 1 aliphatic heterocycles. The SMILES string of the molecule is COC(=O)C(CCN1CCCC1C(C)C)NC(C)C. The molecule has 0 aromatic carbocycles. The minimum absolute atomic E-state index is 0.144. The van der Waals surface area contributed by atoms with E-state index in [1.54, 1.807) is 0 Å². The number of hydrogen-bond donors (Lipinski definition) is 1. The van der Waals surface area contributed by atoms with E-state index in [1.165, 1.54) is 26.5 Å². The highest BCUT2D eigenvalue weighted by Gasteiger charge is 2.28. The van der Waals surface area contributed by atoms with Crippen LogP contribution < -0.4 is 5.32 Å². The molecule has 0 radical (unpaired) electrons. The fourth-order valence-electron chi connectivity index (χ4n) is 2.99. The third kappa shape index (κ3) is 5.11. The predicted octanol–water partition coefficient (Wildman–Crippen LogP) is 2.04. The van der Waals surface area contributed by atoms with E-state index in [4.69, 9.17) is 4.74 Å². The Morgan fingerprint density at radius 2 is 2.05 bits per heavy atom. The zero-order chi connectivity index (χ0) is 14.4. The minimum Gasteiger partial charge on any atom is -0.468 e. The summed E-state index contributed by atoms with van der Waals surface area (Å²) >= 11 is 0. The first kappa shape index (κ1) is 16.4. The van der Waals surface area contributed by atoms with Crippen molar-refractivity contribution in [2.75, 3.05) is 20.2 Å². The summed E-state index contributed by atoms with van der Waals surface area (Å²) < 4.78 is 4.88. The topological polar surface area (TPSA) is 41.6 Å². The van der Waals surface area contributed by atoms with Crippen molar-refractivity contribution in [3.05, 3.63) is 0 Å². The van der Waals surface area contributed by atoms with Gasteiger partial charge >= 0.3 is 5.97 Å². The van der Waals surface area contributed by atoms with Crippen molar-refractivity contribution < 1.29 is 9.53 Å². The lowest BCUT2D eigenvalue weighted by atomic mass is 10.0. The van der Waals surface area contributed by atoms with Gasteiger partial charge in [0.2, 0.25) is 0 Å². The molecule has 112 valence electrons. The maximum Gasteiger partial charge on any atom is 0.322 e. The van der Waals surface area contributed by atoms with Crippen LogP contribution in [0.5, 0.6) is 0 Å². The van der Waals surface area contributed by atoms with E-state index in [-0.39, 0.29) is 12.0 Å². The Morgan fingerprint density at radius 1 is 1.37 bits per heavy atom. The van der Waals surface area contributed by atoms with Crippen LogP contribution in [0, 0.1) is 5.92 Å². The van der Waals surface area contributed by atoms with E-state index < -0.39 is 0 Å². The Balaban J connectivity index is 2.48. The third-order valence-electron chi connectivity index (χ3n) is 3.91. The zero-order valence-electron chi connectivity index (χ0n) is 13.1. The van der Waals surface area contributed by atoms with Gasteiger partial charge in [0, 0.05) is 18.6 Å². The van der Waals surface area contributed by atoms with Crippen LogP contribution in [0.1, 0.15) is 47.0 Å². The Labute approximate surface area is 117 Å². The molecule has 2 atom stereocenters. The first-order valence-corrected chi connectivity index (χ1v) is 7.53. The van der Waals surface area contributed by atoms with E-state index in [9.17, 15) is 4.79 Å². The van der Waals surface area contributed by atoms with Crippen LogP contribution in [0.2, 0.25) is 0 Å². The standard InChI is InChI=1S/C15H30N2O2/c1-11(2)14-7-6-9-17(14)10-8-13(15(18)19-5)16-12(3)4/h11-14,16H,6-10H2,1-5H3. The summed E-state index contributed by atoms with van der Waals surface area (Å²) in [6, 6.07) is 0.791. The highest BCUT2D eigenvalue weighted by atomic mass is 16.5. The summed E-state index contributed by atoms with van der Waals surface area (Å²) in [5.41, 5.74) is 0. The van der Waals surface area contributed by atoms with Gasteiger partial charge in [-0.05, 0) is 31.7 Å². The molecule has 1 rings (SSSR count). The second kappa shape index (κ2) is 7.85. The summed E-state index contributed by atoms with van der Waals surface area (Å²) in [7, 11) is 1.46. The average molecular weight is 270 g/mol. The highest BCUT2D eigenvalue weighted by molar-refractivity contribution is 5.75. The van der Waals surface area contributed by atoms with Gasteiger partial charge in [0.1, 0.15) is 6.04 Å². The maximum absolute atomic E-state index is 11.8. The molecule has 1 saturated heterocycles. The van der Waals surface area contributed by atoms with Gasteiger partial charge in [-0.2, -0.15) is 0 Å². The molecular formula is C15H30N2O2. The number of ether oxygens (including phenoxy) is 1. The lowest BCUT2D eigenvalue weighted by molar-refractivity contribution is -0.143. The number of methoxy groups -OCH3 is 1. The Morgan fingerprint density at radius 3 is 2.58 bits per heavy atom. The molecular weight excluding hydrogens is 240 g/mol. The fourth-order valence-corrected chi connectivity index (χ4v) is 2.99. The van der Waals surface area contributed by atoms with Crippen molar-refractivity contribution in [1.82, 2.24) is 10.2 Å². The molecule has 1 N–H and O–H groups in total. The smallest absolute Gasteiger partial charge is 0.322 e. The van der Waals surface area contributed by atoms with Gasteiger partial charge in [-0.25, -0.2) is 0 Å². The van der Waals surface area contributed by atoms with Crippen molar-refractivity contribution in [3.8, 4) is 0 Å². The lowest BCUT2D eigenvalue weighted by Crippen LogP contribution is -2.44. The van der Waals surface area contributed by atoms with Gasteiger partial charge in [-0.1, -0.05) is 27.7 Å². The molecule has 2 unspecified atom stereocenters. The van der Waals surface area contributed by atoms with Gasteiger partial charge < -0.3 is 15.0 Å². The van der Waals surface area contributed by atoms with Gasteiger partial charge in [-0.15, -0.1) is 0 Å². The number of rotatable bonds is 7. The lowest BCUT2D eigenvalue weighted by Gasteiger charge is -2.29. The second-order valence-electron chi connectivity index (χ2n) is 6.18. The van der Waals surface area contributed by atoms with Crippen molar-refractivity contribution in [3.63, 3.8) is 0 Å². The summed E-state index contributed by atoms with van der Waals surface area (Å²) in [6.07, 6.45) is 3.40. The van der Waals surface area contributed by atoms with E-state index in [0.717, 1.165) is 13.0 Å². The minimum atomic E-state index is -0.182. The van der Waals surface area contributed by atoms with E-state index in [2.05, 4.69) is 37.9 Å². The van der Waals surface area contributed by atoms with E-state index in [1.807, 2.05) is 0 Å². The number of nitrogens with one attached hydrogen (secondary N) is 1. The monoisotopic (exact) mass is 270 g/mol. The van der Waals surface area contributed by atoms with Crippen LogP contribution in [0.15, 0.2) is 0 Å². The number of carbonyl (C=O) groups is 1. The molecule has 0 aromatic heterocycles. The Kier molecular flexibility index (Phi) is 6.80. The molecule has 0 aromatic rings. The van der Waals surface area contributed by atoms with Crippen LogP contribution >= 0.6 is 0 Å². The van der Waals surface area contributed by atoms with Crippen molar-refractivity contribution in [2.24, 2.45) is 5.92 Å². The van der Waals surface area contributed by atoms with Crippen molar-refractivity contribution in [2.45, 2.75) is 65.1 Å². The summed E-state index contributed by atoms with van der Waals surface area (Å²) in [6.45, 7) is 10.8. The molecule has 1 aliphatic rings. The Bertz CT molecular complexity index is 279. The van der Waals surface area contributed by atoms with E-state index in [0.29, 0.717) is 18.0 Å². The second-order valence-corrected chi connectivity index (χ2v) is 6.18. The van der Waals surface area contributed by atoms with E-state index >= 15 is 0 Å². The molecule has 0 amide bonds. The normalized spacial score (nSPS) is 22.2. The molecule has 0 aliphatic carbocycles. The molecule has 4 heteroatoms. The quantitative estimate of drug-likeness (QED) is 0.719. The molecule has 19 heavy (non-hydrogen) atoms. The molecule has 1 fully saturated rings. The summed E-state index contributed by atoms with van der Waals surface area (Å²) in [5, 5.41) is 3.30. The van der Waals surface area contributed by atoms with Crippen LogP contribution in [-0.2, 0) is 9.53 Å². The fraction of sp³-hybridized carbons (Fsp3) is 0.933. The number of esters is 1. The summed E-state index contributed by atoms with van der Waals surface area (Å²) in [4.78, 5) is 14.3. The van der Waals surface area contributed by atoms with Gasteiger partial charge in [0.05, 0.1) is 7.11 Å². The van der Waals surface area contributed by atoms with Crippen LogP contribution in [0.3, 0.4) is 0 Å². The van der Waals surface area contributed by atoms with Gasteiger partial charge in [0.25, 0.3) is 0 Å². The molecule has 1 heterocycles. The van der Waals surface area contributed by atoms with Crippen LogP contribution in [-0.4, -0.2) is 49.2 Å². The van der Waals surface area contributed by atoms with Crippen molar-refractivity contribution in [1.29, 1.82) is 0 Å².